The predicted octanol–water partition coefficient (Wildman–Crippen LogP) is 3.24. The molecule has 1 amide bonds. The largest absolute Gasteiger partial charge is 0.355 e. The molecule has 2 rings (SSSR count). The van der Waals surface area contributed by atoms with Gasteiger partial charge in [-0.05, 0) is 31.5 Å². The van der Waals surface area contributed by atoms with Gasteiger partial charge in [-0.15, -0.1) is 0 Å². The van der Waals surface area contributed by atoms with Gasteiger partial charge in [0.25, 0.3) is 0 Å². The van der Waals surface area contributed by atoms with Gasteiger partial charge in [0.05, 0.1) is 13.1 Å². The molecular formula is C17H23BrN4O2. The van der Waals surface area contributed by atoms with Gasteiger partial charge in [0, 0.05) is 16.6 Å². The fraction of sp³-hybridized carbons (Fsp3) is 0.471. The number of nitrogens with one attached hydrogen (secondary N) is 1. The molecule has 1 N–H and O–H groups in total. The SMILES string of the molecule is CCCNC(=O)CN(CCC)Cc1nc(-c2cccc(Br)c2)no1. The quantitative estimate of drug-likeness (QED) is 0.706. The first-order valence-electron chi connectivity index (χ1n) is 8.20. The highest BCUT2D eigenvalue weighted by atomic mass is 79.9. The topological polar surface area (TPSA) is 71.3 Å². The molecule has 1 aromatic heterocycles. The van der Waals surface area contributed by atoms with Crippen molar-refractivity contribution >= 4 is 21.8 Å². The Kier molecular flexibility index (Phi) is 7.39. The van der Waals surface area contributed by atoms with Gasteiger partial charge in [-0.3, -0.25) is 9.69 Å². The van der Waals surface area contributed by atoms with Crippen LogP contribution in [0.2, 0.25) is 0 Å². The van der Waals surface area contributed by atoms with Crippen LogP contribution in [-0.4, -0.2) is 40.6 Å². The molecule has 0 bridgehead atoms. The number of rotatable bonds is 9. The number of halogens is 1. The van der Waals surface area contributed by atoms with E-state index in [1.807, 2.05) is 36.1 Å². The maximum atomic E-state index is 11.9. The minimum absolute atomic E-state index is 0.0250. The monoisotopic (exact) mass is 394 g/mol. The van der Waals surface area contributed by atoms with Crippen LogP contribution in [0.3, 0.4) is 0 Å². The molecule has 0 aliphatic rings. The van der Waals surface area contributed by atoms with Gasteiger partial charge in [-0.1, -0.05) is 47.1 Å². The van der Waals surface area contributed by atoms with E-state index in [1.54, 1.807) is 0 Å². The number of amides is 1. The Labute approximate surface area is 150 Å². The van der Waals surface area contributed by atoms with Crippen molar-refractivity contribution in [1.29, 1.82) is 0 Å². The highest BCUT2D eigenvalue weighted by molar-refractivity contribution is 9.10. The van der Waals surface area contributed by atoms with E-state index >= 15 is 0 Å². The fourth-order valence-corrected chi connectivity index (χ4v) is 2.71. The van der Waals surface area contributed by atoms with E-state index in [4.69, 9.17) is 4.52 Å². The summed E-state index contributed by atoms with van der Waals surface area (Å²) < 4.78 is 6.31. The Morgan fingerprint density at radius 1 is 1.33 bits per heavy atom. The van der Waals surface area contributed by atoms with Crippen molar-refractivity contribution in [2.75, 3.05) is 19.6 Å². The second kappa shape index (κ2) is 9.54. The number of carbonyl (C=O) groups is 1. The van der Waals surface area contributed by atoms with E-state index in [9.17, 15) is 4.79 Å². The van der Waals surface area contributed by atoms with Crippen LogP contribution in [-0.2, 0) is 11.3 Å². The predicted molar refractivity (Wildman–Crippen MR) is 96.3 cm³/mol. The minimum Gasteiger partial charge on any atom is -0.355 e. The number of carbonyl (C=O) groups excluding carboxylic acids is 1. The highest BCUT2D eigenvalue weighted by Crippen LogP contribution is 2.20. The number of hydrogen-bond acceptors (Lipinski definition) is 5. The van der Waals surface area contributed by atoms with Gasteiger partial charge < -0.3 is 9.84 Å². The summed E-state index contributed by atoms with van der Waals surface area (Å²) in [4.78, 5) is 18.4. The van der Waals surface area contributed by atoms with Crippen LogP contribution in [0.4, 0.5) is 0 Å². The first-order valence-corrected chi connectivity index (χ1v) is 8.99. The Balaban J connectivity index is 2.00. The van der Waals surface area contributed by atoms with Crippen molar-refractivity contribution in [1.82, 2.24) is 20.4 Å². The average molecular weight is 395 g/mol. The fourth-order valence-electron chi connectivity index (χ4n) is 2.31. The lowest BCUT2D eigenvalue weighted by molar-refractivity contribution is -0.122. The summed E-state index contributed by atoms with van der Waals surface area (Å²) in [6, 6.07) is 7.75. The molecule has 0 unspecified atom stereocenters. The summed E-state index contributed by atoms with van der Waals surface area (Å²) in [5.74, 6) is 1.09. The van der Waals surface area contributed by atoms with Gasteiger partial charge in [0.2, 0.25) is 17.6 Å². The highest BCUT2D eigenvalue weighted by Gasteiger charge is 2.15. The lowest BCUT2D eigenvalue weighted by Gasteiger charge is -2.18. The summed E-state index contributed by atoms with van der Waals surface area (Å²) in [6.07, 6.45) is 1.88. The maximum Gasteiger partial charge on any atom is 0.241 e. The summed E-state index contributed by atoms with van der Waals surface area (Å²) >= 11 is 3.44. The van der Waals surface area contributed by atoms with E-state index in [1.165, 1.54) is 0 Å². The van der Waals surface area contributed by atoms with E-state index in [-0.39, 0.29) is 5.91 Å². The second-order valence-electron chi connectivity index (χ2n) is 5.58. The first kappa shape index (κ1) is 18.6. The van der Waals surface area contributed by atoms with Crippen LogP contribution in [0.5, 0.6) is 0 Å². The molecule has 24 heavy (non-hydrogen) atoms. The smallest absolute Gasteiger partial charge is 0.241 e. The van der Waals surface area contributed by atoms with Gasteiger partial charge >= 0.3 is 0 Å². The number of nitrogens with zero attached hydrogens (tertiary/aromatic N) is 3. The number of benzene rings is 1. The standard InChI is InChI=1S/C17H23BrN4O2/c1-3-8-19-15(23)11-22(9-4-2)12-16-20-17(21-24-16)13-6-5-7-14(18)10-13/h5-7,10H,3-4,8-9,11-12H2,1-2H3,(H,19,23). The maximum absolute atomic E-state index is 11.9. The molecule has 0 spiro atoms. The summed E-state index contributed by atoms with van der Waals surface area (Å²) in [5.41, 5.74) is 0.891. The lowest BCUT2D eigenvalue weighted by Crippen LogP contribution is -2.37. The number of hydrogen-bond donors (Lipinski definition) is 1. The molecule has 6 nitrogen and oxygen atoms in total. The third kappa shape index (κ3) is 5.72. The molecule has 0 atom stereocenters. The average Bonchev–Trinajstić information content (AvgIpc) is 3.01. The molecule has 0 saturated heterocycles. The van der Waals surface area contributed by atoms with Gasteiger partial charge in [-0.25, -0.2) is 0 Å². The van der Waals surface area contributed by atoms with Crippen molar-refractivity contribution in [3.05, 3.63) is 34.6 Å². The molecular weight excluding hydrogens is 372 g/mol. The molecule has 0 fully saturated rings. The normalized spacial score (nSPS) is 11.0. The minimum atomic E-state index is 0.0250. The zero-order valence-electron chi connectivity index (χ0n) is 14.1. The van der Waals surface area contributed by atoms with Crippen LogP contribution in [0.25, 0.3) is 11.4 Å². The Morgan fingerprint density at radius 2 is 2.17 bits per heavy atom. The van der Waals surface area contributed by atoms with Crippen molar-refractivity contribution in [2.24, 2.45) is 0 Å². The summed E-state index contributed by atoms with van der Waals surface area (Å²) in [5, 5.41) is 6.93. The third-order valence-corrected chi connectivity index (χ3v) is 3.88. The van der Waals surface area contributed by atoms with Crippen LogP contribution in [0.15, 0.2) is 33.3 Å². The lowest BCUT2D eigenvalue weighted by atomic mass is 10.2. The number of aromatic nitrogens is 2. The molecule has 130 valence electrons. The van der Waals surface area contributed by atoms with Crippen molar-refractivity contribution < 1.29 is 9.32 Å². The second-order valence-corrected chi connectivity index (χ2v) is 6.50. The first-order chi connectivity index (χ1) is 11.6. The molecule has 0 aliphatic carbocycles. The molecule has 7 heteroatoms. The van der Waals surface area contributed by atoms with Gasteiger partial charge in [0.15, 0.2) is 0 Å². The molecule has 1 aromatic carbocycles. The van der Waals surface area contributed by atoms with Crippen molar-refractivity contribution in [3.63, 3.8) is 0 Å². The molecule has 1 heterocycles. The van der Waals surface area contributed by atoms with Crippen LogP contribution < -0.4 is 5.32 Å². The van der Waals surface area contributed by atoms with E-state index in [0.717, 1.165) is 29.4 Å². The zero-order chi connectivity index (χ0) is 17.4. The van der Waals surface area contributed by atoms with Crippen LogP contribution >= 0.6 is 15.9 Å². The Morgan fingerprint density at radius 3 is 2.88 bits per heavy atom. The van der Waals surface area contributed by atoms with E-state index in [2.05, 4.69) is 38.3 Å². The summed E-state index contributed by atoms with van der Waals surface area (Å²) in [6.45, 7) is 6.42. The van der Waals surface area contributed by atoms with Gasteiger partial charge in [-0.2, -0.15) is 4.98 Å². The Bertz CT molecular complexity index is 660. The molecule has 0 aliphatic heterocycles. The van der Waals surface area contributed by atoms with Crippen LogP contribution in [0.1, 0.15) is 32.6 Å². The van der Waals surface area contributed by atoms with Crippen LogP contribution in [0, 0.1) is 0 Å². The molecule has 0 radical (unpaired) electrons. The van der Waals surface area contributed by atoms with Crippen molar-refractivity contribution in [2.45, 2.75) is 33.2 Å². The molecule has 2 aromatic rings. The van der Waals surface area contributed by atoms with Crippen molar-refractivity contribution in [3.8, 4) is 11.4 Å². The van der Waals surface area contributed by atoms with Gasteiger partial charge in [0.1, 0.15) is 0 Å². The van der Waals surface area contributed by atoms with E-state index < -0.39 is 0 Å². The Hall–Kier alpha value is -1.73. The third-order valence-electron chi connectivity index (χ3n) is 3.39. The molecule has 0 saturated carbocycles. The zero-order valence-corrected chi connectivity index (χ0v) is 15.7. The summed E-state index contributed by atoms with van der Waals surface area (Å²) in [7, 11) is 0. The van der Waals surface area contributed by atoms with E-state index in [0.29, 0.717) is 31.3 Å².